The molecule has 0 atom stereocenters. The first-order chi connectivity index (χ1) is 24.8. The number of unbranched alkanes of at least 4 members (excludes halogenated alkanes) is 33. The zero-order valence-electron chi connectivity index (χ0n) is 35.0. The van der Waals surface area contributed by atoms with Crippen LogP contribution in [0.3, 0.4) is 0 Å². The van der Waals surface area contributed by atoms with Gasteiger partial charge in [-0.15, -0.1) is 0 Å². The summed E-state index contributed by atoms with van der Waals surface area (Å²) in [5.74, 6) is 0. The third-order valence-corrected chi connectivity index (χ3v) is 10.3. The maximum Gasteiger partial charge on any atom is 3.00 e. The molecular weight excluding hydrogens is 825 g/mol. The van der Waals surface area contributed by atoms with Crippen LogP contribution in [0.5, 0.6) is 0 Å². The van der Waals surface area contributed by atoms with Gasteiger partial charge in [0.2, 0.25) is 0 Å². The molecule has 0 aliphatic carbocycles. The Balaban J connectivity index is -0.000000329. The second-order valence-corrected chi connectivity index (χ2v) is 16.4. The third kappa shape index (κ3) is 69.0. The minimum absolute atomic E-state index is 0. The fraction of sp³-hybridized carbons (Fsp3) is 0.933. The average Bonchev–Trinajstić information content (AvgIpc) is 3.10. The molecule has 3 nitrogen and oxygen atoms in total. The molecule has 0 saturated carbocycles. The molecule has 0 aliphatic rings. The summed E-state index contributed by atoms with van der Waals surface area (Å²) in [6.07, 6.45) is 49.7. The van der Waals surface area contributed by atoms with Crippen molar-refractivity contribution in [3.63, 3.8) is 0 Å². The van der Waals surface area contributed by atoms with E-state index in [9.17, 15) is 14.4 Å². The maximum absolute atomic E-state index is 10.5. The molecular formula is C45H87CeO3S3. The molecule has 0 aromatic rings. The predicted molar refractivity (Wildman–Crippen MR) is 234 cm³/mol. The van der Waals surface area contributed by atoms with Gasteiger partial charge in [-0.2, -0.15) is 0 Å². The van der Waals surface area contributed by atoms with E-state index in [4.69, 9.17) is 0 Å². The Morgan fingerprint density at radius 2 is 0.365 bits per heavy atom. The summed E-state index contributed by atoms with van der Waals surface area (Å²) in [7, 11) is 0. The molecule has 0 unspecified atom stereocenters. The van der Waals surface area contributed by atoms with Crippen molar-refractivity contribution in [1.29, 1.82) is 0 Å². The van der Waals surface area contributed by atoms with Crippen LogP contribution in [0.1, 0.15) is 271 Å². The Labute approximate surface area is 377 Å². The van der Waals surface area contributed by atoms with Gasteiger partial charge in [-0.1, -0.05) is 233 Å². The monoisotopic (exact) mass is 911 g/mol. The number of rotatable bonds is 39. The fourth-order valence-electron chi connectivity index (χ4n) is 6.33. The molecule has 0 rings (SSSR count). The molecule has 0 aliphatic heterocycles. The normalized spacial score (nSPS) is 10.4. The molecule has 307 valence electrons. The summed E-state index contributed by atoms with van der Waals surface area (Å²) in [4.78, 5) is 31.6. The zero-order chi connectivity index (χ0) is 38.3. The van der Waals surface area contributed by atoms with Crippen molar-refractivity contribution < 1.29 is 56.1 Å². The van der Waals surface area contributed by atoms with Crippen molar-refractivity contribution in [2.75, 3.05) is 0 Å². The van der Waals surface area contributed by atoms with Gasteiger partial charge in [-0.25, -0.2) is 0 Å². The number of carbonyl (C=O) groups excluding carboxylic acids is 3. The molecule has 0 saturated heterocycles. The second-order valence-electron chi connectivity index (χ2n) is 15.0. The van der Waals surface area contributed by atoms with E-state index in [-0.39, 0.29) is 57.1 Å². The zero-order valence-corrected chi connectivity index (χ0v) is 40.6. The Hall–Kier alpha value is 1.05. The van der Waals surface area contributed by atoms with Crippen molar-refractivity contribution in [3.05, 3.63) is 0 Å². The summed E-state index contributed by atoms with van der Waals surface area (Å²) in [6.45, 7) is 6.79. The molecule has 0 heterocycles. The van der Waals surface area contributed by atoms with E-state index < -0.39 is 0 Å². The minimum atomic E-state index is -0.0721. The Morgan fingerprint density at radius 1 is 0.250 bits per heavy atom. The molecule has 0 N–H and O–H groups in total. The van der Waals surface area contributed by atoms with Crippen LogP contribution < -0.4 is 0 Å². The smallest absolute Gasteiger partial charge is 0.742 e. The van der Waals surface area contributed by atoms with Gasteiger partial charge in [0.1, 0.15) is 0 Å². The van der Waals surface area contributed by atoms with Gasteiger partial charge in [0, 0.05) is 15.3 Å². The first kappa shape index (κ1) is 59.7. The van der Waals surface area contributed by atoms with Gasteiger partial charge in [-0.3, -0.25) is 0 Å². The van der Waals surface area contributed by atoms with E-state index in [0.29, 0.717) is 19.3 Å². The minimum Gasteiger partial charge on any atom is -0.742 e. The summed E-state index contributed by atoms with van der Waals surface area (Å²) in [5.41, 5.74) is 0. The van der Waals surface area contributed by atoms with Crippen LogP contribution in [0.15, 0.2) is 0 Å². The van der Waals surface area contributed by atoms with Crippen molar-refractivity contribution in [1.82, 2.24) is 0 Å². The first-order valence-electron chi connectivity index (χ1n) is 22.4. The van der Waals surface area contributed by atoms with E-state index >= 15 is 0 Å². The van der Waals surface area contributed by atoms with Crippen LogP contribution in [0, 0.1) is 41.7 Å². The standard InChI is InChI=1S/3C15H30OS.Ce/c3*1-2-3-4-5-6-7-8-9-10-11-12-13-14-15(16)17;/h3*2-14H2,1H3,(H,16,17);/q;;;+3/p-3. The number of hydrogen-bond donors (Lipinski definition) is 0. The molecule has 0 aromatic heterocycles. The van der Waals surface area contributed by atoms with Crippen LogP contribution in [0.2, 0.25) is 0 Å². The molecule has 52 heavy (non-hydrogen) atoms. The summed E-state index contributed by atoms with van der Waals surface area (Å²) < 4.78 is 0. The maximum atomic E-state index is 10.5. The van der Waals surface area contributed by atoms with Crippen molar-refractivity contribution in [2.24, 2.45) is 0 Å². The Bertz CT molecular complexity index is 602. The summed E-state index contributed by atoms with van der Waals surface area (Å²) in [6, 6.07) is 0. The first-order valence-corrected chi connectivity index (χ1v) is 23.6. The molecule has 0 aromatic carbocycles. The number of carbonyl (C=O) groups is 3. The van der Waals surface area contributed by atoms with Gasteiger partial charge in [-0.05, 0) is 38.5 Å². The van der Waals surface area contributed by atoms with Crippen molar-refractivity contribution >= 4 is 53.2 Å². The van der Waals surface area contributed by atoms with Crippen molar-refractivity contribution in [2.45, 2.75) is 271 Å². The third-order valence-electron chi connectivity index (χ3n) is 9.70. The molecule has 0 spiro atoms. The molecule has 0 bridgehead atoms. The second kappa shape index (κ2) is 56.4. The van der Waals surface area contributed by atoms with E-state index in [1.807, 2.05) is 0 Å². The summed E-state index contributed by atoms with van der Waals surface area (Å²) >= 11 is 13.6. The largest absolute Gasteiger partial charge is 3.00 e. The van der Waals surface area contributed by atoms with E-state index in [1.165, 1.54) is 212 Å². The molecule has 0 amide bonds. The average molecular weight is 913 g/mol. The van der Waals surface area contributed by atoms with Gasteiger partial charge in [0.25, 0.3) is 0 Å². The van der Waals surface area contributed by atoms with Crippen LogP contribution in [0.25, 0.3) is 0 Å². The Kier molecular flexibility index (Phi) is 64.8. The topological polar surface area (TPSA) is 51.2 Å². The SMILES string of the molecule is CCCCCCCCCCCCCCC(=O)[S-].CCCCCCCCCCCCCCC(=O)[S-].CCCCCCCCCCCCCCC(=O)[S-].[Ce+3]. The molecule has 0 fully saturated rings. The van der Waals surface area contributed by atoms with Crippen LogP contribution in [0.4, 0.5) is 0 Å². The van der Waals surface area contributed by atoms with Crippen LogP contribution in [-0.4, -0.2) is 15.3 Å². The molecule has 7 heteroatoms. The van der Waals surface area contributed by atoms with Crippen LogP contribution in [-0.2, 0) is 52.3 Å². The van der Waals surface area contributed by atoms with E-state index in [1.54, 1.807) is 0 Å². The quantitative estimate of drug-likeness (QED) is 0.0452. The Morgan fingerprint density at radius 3 is 0.481 bits per heavy atom. The van der Waals surface area contributed by atoms with Crippen LogP contribution >= 0.6 is 0 Å². The molecule has 1 radical (unpaired) electrons. The van der Waals surface area contributed by atoms with E-state index in [2.05, 4.69) is 58.7 Å². The van der Waals surface area contributed by atoms with Gasteiger partial charge >= 0.3 is 41.7 Å². The van der Waals surface area contributed by atoms with Crippen molar-refractivity contribution in [3.8, 4) is 0 Å². The predicted octanol–water partition coefficient (Wildman–Crippen LogP) is 15.5. The fourth-order valence-corrected chi connectivity index (χ4v) is 6.76. The van der Waals surface area contributed by atoms with Gasteiger partial charge < -0.3 is 52.3 Å². The van der Waals surface area contributed by atoms with Gasteiger partial charge in [0.15, 0.2) is 0 Å². The number of hydrogen-bond acceptors (Lipinski definition) is 6. The summed E-state index contributed by atoms with van der Waals surface area (Å²) in [5, 5.41) is -0.216. The van der Waals surface area contributed by atoms with Gasteiger partial charge in [0.05, 0.1) is 0 Å². The van der Waals surface area contributed by atoms with E-state index in [0.717, 1.165) is 19.3 Å².